The lowest BCUT2D eigenvalue weighted by Crippen LogP contribution is -2.36. The van der Waals surface area contributed by atoms with E-state index in [1.54, 1.807) is 18.8 Å². The number of aromatic nitrogens is 3. The van der Waals surface area contributed by atoms with Gasteiger partial charge in [0.05, 0.1) is 13.2 Å². The molecule has 1 heterocycles. The van der Waals surface area contributed by atoms with Gasteiger partial charge in [0.25, 0.3) is 0 Å². The molecule has 0 unspecified atom stereocenters. The predicted molar refractivity (Wildman–Crippen MR) is 109 cm³/mol. The summed E-state index contributed by atoms with van der Waals surface area (Å²) in [7, 11) is 7.37. The summed E-state index contributed by atoms with van der Waals surface area (Å²) in [5.74, 6) is 2.41. The topological polar surface area (TPSA) is 88.8 Å². The van der Waals surface area contributed by atoms with E-state index in [4.69, 9.17) is 9.47 Å². The van der Waals surface area contributed by atoms with Crippen molar-refractivity contribution in [3.63, 3.8) is 0 Å². The van der Waals surface area contributed by atoms with Crippen molar-refractivity contribution in [1.29, 1.82) is 0 Å². The highest BCUT2D eigenvalue weighted by molar-refractivity contribution is 5.79. The summed E-state index contributed by atoms with van der Waals surface area (Å²) in [5.41, 5.74) is 1.12. The molecule has 2 rings (SSSR count). The number of nitrogens with zero attached hydrogens (tertiary/aromatic N) is 5. The van der Waals surface area contributed by atoms with Crippen LogP contribution in [0.2, 0.25) is 0 Å². The highest BCUT2D eigenvalue weighted by atomic mass is 16.5. The van der Waals surface area contributed by atoms with Crippen molar-refractivity contribution in [2.45, 2.75) is 13.1 Å². The summed E-state index contributed by atoms with van der Waals surface area (Å²) in [6.45, 7) is 4.30. The van der Waals surface area contributed by atoms with Gasteiger partial charge in [-0.15, -0.1) is 0 Å². The number of hydrogen-bond acceptors (Lipinski definition) is 6. The van der Waals surface area contributed by atoms with Crippen LogP contribution in [0.3, 0.4) is 0 Å². The lowest BCUT2D eigenvalue weighted by molar-refractivity contribution is 0.150. The lowest BCUT2D eigenvalue weighted by atomic mass is 10.2. The molecule has 0 bridgehead atoms. The third-order valence-corrected chi connectivity index (χ3v) is 4.22. The fourth-order valence-corrected chi connectivity index (χ4v) is 2.47. The molecule has 2 aromatic rings. The normalized spacial score (nSPS) is 11.7. The molecule has 0 saturated heterocycles. The quantitative estimate of drug-likeness (QED) is 0.431. The van der Waals surface area contributed by atoms with Gasteiger partial charge in [-0.1, -0.05) is 12.1 Å². The standard InChI is InChI=1S/C19H31N7O2/c1-20-19(22-14-18-23-15-24-26(18)3)21-13-16-6-5-7-17(12-16)28-11-9-25(2)8-10-27-4/h5-7,12,15H,8-11,13-14H2,1-4H3,(H2,20,21,22). The Kier molecular flexibility index (Phi) is 9.23. The number of aliphatic imine (C=N–C) groups is 1. The van der Waals surface area contributed by atoms with E-state index in [-0.39, 0.29) is 0 Å². The van der Waals surface area contributed by atoms with Crippen LogP contribution in [-0.4, -0.2) is 73.1 Å². The largest absolute Gasteiger partial charge is 0.492 e. The second-order valence-corrected chi connectivity index (χ2v) is 6.37. The molecule has 0 aliphatic rings. The lowest BCUT2D eigenvalue weighted by Gasteiger charge is -2.16. The SMILES string of the molecule is CN=C(NCc1cccc(OCCN(C)CCOC)c1)NCc1ncnn1C. The maximum absolute atomic E-state index is 5.87. The van der Waals surface area contributed by atoms with Crippen molar-refractivity contribution >= 4 is 5.96 Å². The highest BCUT2D eigenvalue weighted by Crippen LogP contribution is 2.13. The van der Waals surface area contributed by atoms with Crippen molar-refractivity contribution in [2.75, 3.05) is 47.5 Å². The first-order valence-electron chi connectivity index (χ1n) is 9.29. The minimum atomic E-state index is 0.552. The molecule has 0 amide bonds. The molecular formula is C19H31N7O2. The number of hydrogen-bond donors (Lipinski definition) is 2. The van der Waals surface area contributed by atoms with Crippen LogP contribution in [0.4, 0.5) is 0 Å². The maximum atomic E-state index is 5.87. The van der Waals surface area contributed by atoms with Gasteiger partial charge in [0.15, 0.2) is 5.96 Å². The van der Waals surface area contributed by atoms with Gasteiger partial charge in [-0.25, -0.2) is 4.98 Å². The molecule has 1 aromatic carbocycles. The average molecular weight is 390 g/mol. The maximum Gasteiger partial charge on any atom is 0.191 e. The fraction of sp³-hybridized carbons (Fsp3) is 0.526. The first-order chi connectivity index (χ1) is 13.6. The summed E-state index contributed by atoms with van der Waals surface area (Å²) in [6, 6.07) is 8.06. The highest BCUT2D eigenvalue weighted by Gasteiger charge is 2.04. The molecule has 0 saturated carbocycles. The molecule has 0 fully saturated rings. The van der Waals surface area contributed by atoms with E-state index in [0.717, 1.165) is 36.8 Å². The van der Waals surface area contributed by atoms with Gasteiger partial charge < -0.3 is 25.0 Å². The molecule has 154 valence electrons. The van der Waals surface area contributed by atoms with Crippen LogP contribution >= 0.6 is 0 Å². The Morgan fingerprint density at radius 2 is 2.00 bits per heavy atom. The number of benzene rings is 1. The third-order valence-electron chi connectivity index (χ3n) is 4.22. The zero-order valence-electron chi connectivity index (χ0n) is 17.2. The van der Waals surface area contributed by atoms with Gasteiger partial charge in [-0.05, 0) is 24.7 Å². The molecule has 0 atom stereocenters. The van der Waals surface area contributed by atoms with Gasteiger partial charge in [-0.3, -0.25) is 9.67 Å². The first kappa shape index (κ1) is 21.6. The molecule has 0 aliphatic heterocycles. The van der Waals surface area contributed by atoms with Crippen LogP contribution in [-0.2, 0) is 24.9 Å². The van der Waals surface area contributed by atoms with Crippen molar-refractivity contribution < 1.29 is 9.47 Å². The predicted octanol–water partition coefficient (Wildman–Crippen LogP) is 0.637. The van der Waals surface area contributed by atoms with E-state index >= 15 is 0 Å². The summed E-state index contributed by atoms with van der Waals surface area (Å²) in [4.78, 5) is 10.6. The summed E-state index contributed by atoms with van der Waals surface area (Å²) >= 11 is 0. The molecule has 9 nitrogen and oxygen atoms in total. The molecule has 1 aromatic heterocycles. The monoisotopic (exact) mass is 389 g/mol. The van der Waals surface area contributed by atoms with Gasteiger partial charge >= 0.3 is 0 Å². The van der Waals surface area contributed by atoms with Crippen molar-refractivity contribution in [1.82, 2.24) is 30.3 Å². The molecule has 0 radical (unpaired) electrons. The fourth-order valence-electron chi connectivity index (χ4n) is 2.47. The van der Waals surface area contributed by atoms with Crippen LogP contribution in [0.5, 0.6) is 5.75 Å². The third kappa shape index (κ3) is 7.53. The average Bonchev–Trinajstić information content (AvgIpc) is 3.11. The van der Waals surface area contributed by atoms with E-state index in [2.05, 4.69) is 43.7 Å². The van der Waals surface area contributed by atoms with Crippen molar-refractivity contribution in [2.24, 2.45) is 12.0 Å². The van der Waals surface area contributed by atoms with Crippen molar-refractivity contribution in [3.8, 4) is 5.75 Å². The molecule has 9 heteroatoms. The van der Waals surface area contributed by atoms with E-state index in [1.165, 1.54) is 6.33 Å². The number of likely N-dealkylation sites (N-methyl/N-ethyl adjacent to an activating group) is 1. The van der Waals surface area contributed by atoms with Crippen LogP contribution in [0, 0.1) is 0 Å². The summed E-state index contributed by atoms with van der Waals surface area (Å²) < 4.78 is 12.7. The summed E-state index contributed by atoms with van der Waals surface area (Å²) in [6.07, 6.45) is 1.54. The van der Waals surface area contributed by atoms with Crippen LogP contribution in [0.15, 0.2) is 35.6 Å². The number of ether oxygens (including phenoxy) is 2. The minimum absolute atomic E-state index is 0.552. The number of aryl methyl sites for hydroxylation is 1. The van der Waals surface area contributed by atoms with Crippen LogP contribution in [0.1, 0.15) is 11.4 Å². The Morgan fingerprint density at radius 3 is 2.71 bits per heavy atom. The molecule has 28 heavy (non-hydrogen) atoms. The Labute approximate surface area is 166 Å². The van der Waals surface area contributed by atoms with Crippen molar-refractivity contribution in [3.05, 3.63) is 42.0 Å². The number of guanidine groups is 1. The molecule has 0 spiro atoms. The Bertz CT molecular complexity index is 733. The zero-order valence-corrected chi connectivity index (χ0v) is 17.2. The second-order valence-electron chi connectivity index (χ2n) is 6.37. The van der Waals surface area contributed by atoms with E-state index in [1.807, 2.05) is 25.2 Å². The molecular weight excluding hydrogens is 358 g/mol. The number of methoxy groups -OCH3 is 1. The van der Waals surface area contributed by atoms with Gasteiger partial charge in [0.2, 0.25) is 0 Å². The first-order valence-corrected chi connectivity index (χ1v) is 9.29. The van der Waals surface area contributed by atoms with E-state index < -0.39 is 0 Å². The number of nitrogens with one attached hydrogen (secondary N) is 2. The Morgan fingerprint density at radius 1 is 1.21 bits per heavy atom. The summed E-state index contributed by atoms with van der Waals surface area (Å²) in [5, 5.41) is 10.6. The number of rotatable bonds is 11. The van der Waals surface area contributed by atoms with E-state index in [0.29, 0.717) is 25.7 Å². The second kappa shape index (κ2) is 11.9. The van der Waals surface area contributed by atoms with Gasteiger partial charge in [0.1, 0.15) is 24.5 Å². The molecule has 0 aliphatic carbocycles. The van der Waals surface area contributed by atoms with Gasteiger partial charge in [0, 0.05) is 40.8 Å². The Balaban J connectivity index is 1.75. The van der Waals surface area contributed by atoms with Gasteiger partial charge in [-0.2, -0.15) is 5.10 Å². The molecule has 2 N–H and O–H groups in total. The Hall–Kier alpha value is -2.65. The minimum Gasteiger partial charge on any atom is -0.492 e. The zero-order chi connectivity index (χ0) is 20.2. The van der Waals surface area contributed by atoms with E-state index in [9.17, 15) is 0 Å². The van der Waals surface area contributed by atoms with Crippen LogP contribution < -0.4 is 15.4 Å². The van der Waals surface area contributed by atoms with Crippen LogP contribution in [0.25, 0.3) is 0 Å². The smallest absolute Gasteiger partial charge is 0.191 e.